The van der Waals surface area contributed by atoms with Crippen molar-refractivity contribution in [2.75, 3.05) is 7.11 Å². The van der Waals surface area contributed by atoms with Crippen molar-refractivity contribution in [2.24, 2.45) is 0 Å². The van der Waals surface area contributed by atoms with Gasteiger partial charge >= 0.3 is 0 Å². The van der Waals surface area contributed by atoms with E-state index in [4.69, 9.17) is 16.3 Å². The summed E-state index contributed by atoms with van der Waals surface area (Å²) < 4.78 is 4.79. The number of hydrogen-bond acceptors (Lipinski definition) is 2. The standard InChI is InChI=1S/C6H5ClNO/c1-9-6-4-8-3-2-5(6)7/h2-3H,1H3. The van der Waals surface area contributed by atoms with E-state index in [1.807, 2.05) is 0 Å². The summed E-state index contributed by atoms with van der Waals surface area (Å²) in [5.41, 5.74) is 0. The van der Waals surface area contributed by atoms with E-state index in [2.05, 4.69) is 11.2 Å². The van der Waals surface area contributed by atoms with Gasteiger partial charge in [-0.1, -0.05) is 11.6 Å². The van der Waals surface area contributed by atoms with E-state index in [0.717, 1.165) is 0 Å². The second kappa shape index (κ2) is 2.69. The van der Waals surface area contributed by atoms with Crippen molar-refractivity contribution in [1.82, 2.24) is 4.98 Å². The molecule has 0 aromatic carbocycles. The summed E-state index contributed by atoms with van der Waals surface area (Å²) in [6.45, 7) is 0. The normalized spacial score (nSPS) is 9.11. The number of rotatable bonds is 1. The number of pyridine rings is 1. The van der Waals surface area contributed by atoms with E-state index >= 15 is 0 Å². The van der Waals surface area contributed by atoms with Crippen LogP contribution in [0.25, 0.3) is 0 Å². The average molecular weight is 143 g/mol. The number of nitrogens with zero attached hydrogens (tertiary/aromatic N) is 1. The second-order valence-electron chi connectivity index (χ2n) is 1.44. The summed E-state index contributed by atoms with van der Waals surface area (Å²) in [6, 6.07) is 1.65. The smallest absolute Gasteiger partial charge is 0.165 e. The van der Waals surface area contributed by atoms with Crippen LogP contribution in [0.1, 0.15) is 0 Å². The van der Waals surface area contributed by atoms with E-state index in [1.54, 1.807) is 12.3 Å². The number of hydrogen-bond donors (Lipinski definition) is 0. The Morgan fingerprint density at radius 3 is 3.00 bits per heavy atom. The van der Waals surface area contributed by atoms with Gasteiger partial charge in [0.2, 0.25) is 0 Å². The Bertz CT molecular complexity index is 202. The van der Waals surface area contributed by atoms with Crippen molar-refractivity contribution in [3.05, 3.63) is 23.5 Å². The lowest BCUT2D eigenvalue weighted by Crippen LogP contribution is -1.84. The molecule has 0 aliphatic rings. The van der Waals surface area contributed by atoms with Crippen molar-refractivity contribution in [3.8, 4) is 5.75 Å². The molecule has 2 nitrogen and oxygen atoms in total. The van der Waals surface area contributed by atoms with Crippen LogP contribution in [-0.4, -0.2) is 12.1 Å². The van der Waals surface area contributed by atoms with Gasteiger partial charge in [0.15, 0.2) is 5.75 Å². The molecule has 1 rings (SSSR count). The summed E-state index contributed by atoms with van der Waals surface area (Å²) in [5.74, 6) is 0.485. The Kier molecular flexibility index (Phi) is 1.90. The molecule has 0 saturated carbocycles. The van der Waals surface area contributed by atoms with Gasteiger partial charge in [0.1, 0.15) is 6.20 Å². The van der Waals surface area contributed by atoms with Crippen LogP contribution in [-0.2, 0) is 0 Å². The maximum absolute atomic E-state index is 5.63. The molecule has 1 radical (unpaired) electrons. The maximum atomic E-state index is 5.63. The van der Waals surface area contributed by atoms with Crippen molar-refractivity contribution >= 4 is 11.6 Å². The molecule has 0 N–H and O–H groups in total. The third-order valence-corrected chi connectivity index (χ3v) is 1.18. The molecule has 0 aliphatic heterocycles. The first-order chi connectivity index (χ1) is 4.34. The molecule has 1 aromatic heterocycles. The lowest BCUT2D eigenvalue weighted by atomic mass is 10.5. The Labute approximate surface area is 58.4 Å². The van der Waals surface area contributed by atoms with Crippen LogP contribution < -0.4 is 4.74 Å². The van der Waals surface area contributed by atoms with Gasteiger partial charge in [-0.15, -0.1) is 0 Å². The summed E-state index contributed by atoms with van der Waals surface area (Å²) in [5, 5.41) is 0.535. The molecule has 3 heteroatoms. The first-order valence-corrected chi connectivity index (χ1v) is 2.78. The lowest BCUT2D eigenvalue weighted by molar-refractivity contribution is 0.412. The second-order valence-corrected chi connectivity index (χ2v) is 1.85. The highest BCUT2D eigenvalue weighted by Crippen LogP contribution is 2.19. The fourth-order valence-corrected chi connectivity index (χ4v) is 0.647. The summed E-state index contributed by atoms with van der Waals surface area (Å²) in [6.07, 6.45) is 4.14. The van der Waals surface area contributed by atoms with Crippen molar-refractivity contribution in [2.45, 2.75) is 0 Å². The molecule has 1 heterocycles. The van der Waals surface area contributed by atoms with Crippen molar-refractivity contribution < 1.29 is 4.74 Å². The molecule has 0 atom stereocenters. The zero-order chi connectivity index (χ0) is 6.69. The van der Waals surface area contributed by atoms with Crippen LogP contribution >= 0.6 is 11.6 Å². The van der Waals surface area contributed by atoms with Crippen LogP contribution in [0, 0.1) is 6.20 Å². The van der Waals surface area contributed by atoms with Gasteiger partial charge in [0, 0.05) is 6.20 Å². The minimum Gasteiger partial charge on any atom is -0.493 e. The molecule has 0 bridgehead atoms. The van der Waals surface area contributed by atoms with Gasteiger partial charge in [-0.2, -0.15) is 0 Å². The predicted octanol–water partition coefficient (Wildman–Crippen LogP) is 1.54. The van der Waals surface area contributed by atoms with Crippen LogP contribution in [0.5, 0.6) is 5.75 Å². The monoisotopic (exact) mass is 142 g/mol. The van der Waals surface area contributed by atoms with E-state index in [1.165, 1.54) is 7.11 Å². The van der Waals surface area contributed by atoms with Gasteiger partial charge in [-0.05, 0) is 6.07 Å². The zero-order valence-electron chi connectivity index (χ0n) is 4.89. The van der Waals surface area contributed by atoms with Crippen LogP contribution in [0.2, 0.25) is 5.02 Å². The van der Waals surface area contributed by atoms with E-state index in [0.29, 0.717) is 10.8 Å². The average Bonchev–Trinajstić information content (AvgIpc) is 1.89. The van der Waals surface area contributed by atoms with Crippen molar-refractivity contribution in [3.63, 3.8) is 0 Å². The molecule has 47 valence electrons. The summed E-state index contributed by atoms with van der Waals surface area (Å²) in [4.78, 5) is 3.68. The molecule has 9 heavy (non-hydrogen) atoms. The minimum absolute atomic E-state index is 0.485. The first kappa shape index (κ1) is 6.36. The highest BCUT2D eigenvalue weighted by molar-refractivity contribution is 6.31. The molecule has 0 amide bonds. The van der Waals surface area contributed by atoms with Crippen molar-refractivity contribution in [1.29, 1.82) is 0 Å². The number of methoxy groups -OCH3 is 1. The lowest BCUT2D eigenvalue weighted by Gasteiger charge is -1.97. The Morgan fingerprint density at radius 2 is 2.56 bits per heavy atom. The molecule has 0 saturated heterocycles. The van der Waals surface area contributed by atoms with E-state index in [-0.39, 0.29) is 0 Å². The quantitative estimate of drug-likeness (QED) is 0.594. The fourth-order valence-electron chi connectivity index (χ4n) is 0.471. The van der Waals surface area contributed by atoms with E-state index in [9.17, 15) is 0 Å². The molecule has 0 aliphatic carbocycles. The zero-order valence-corrected chi connectivity index (χ0v) is 5.64. The molecule has 1 aromatic rings. The van der Waals surface area contributed by atoms with Crippen LogP contribution in [0.3, 0.4) is 0 Å². The third-order valence-electron chi connectivity index (χ3n) is 0.883. The molecule has 0 spiro atoms. The Hall–Kier alpha value is -0.760. The predicted molar refractivity (Wildman–Crippen MR) is 34.6 cm³/mol. The van der Waals surface area contributed by atoms with Crippen LogP contribution in [0.4, 0.5) is 0 Å². The van der Waals surface area contributed by atoms with E-state index < -0.39 is 0 Å². The fraction of sp³-hybridized carbons (Fsp3) is 0.167. The maximum Gasteiger partial charge on any atom is 0.165 e. The van der Waals surface area contributed by atoms with Gasteiger partial charge < -0.3 is 4.74 Å². The SMILES string of the molecule is COc1[c]nccc1Cl. The highest BCUT2D eigenvalue weighted by atomic mass is 35.5. The highest BCUT2D eigenvalue weighted by Gasteiger charge is 1.95. The topological polar surface area (TPSA) is 22.1 Å². The Balaban J connectivity index is 3.01. The largest absolute Gasteiger partial charge is 0.493 e. The van der Waals surface area contributed by atoms with Crippen LogP contribution in [0.15, 0.2) is 12.3 Å². The van der Waals surface area contributed by atoms with Gasteiger partial charge in [-0.3, -0.25) is 4.98 Å². The molecule has 0 fully saturated rings. The molecular weight excluding hydrogens is 138 g/mol. The third kappa shape index (κ3) is 1.33. The number of halogens is 1. The van der Waals surface area contributed by atoms with Gasteiger partial charge in [0.05, 0.1) is 12.1 Å². The first-order valence-electron chi connectivity index (χ1n) is 2.41. The van der Waals surface area contributed by atoms with Gasteiger partial charge in [0.25, 0.3) is 0 Å². The number of aromatic nitrogens is 1. The Morgan fingerprint density at radius 1 is 1.78 bits per heavy atom. The minimum atomic E-state index is 0.485. The summed E-state index contributed by atoms with van der Waals surface area (Å²) >= 11 is 5.63. The number of ether oxygens (including phenoxy) is 1. The summed E-state index contributed by atoms with van der Waals surface area (Å²) in [7, 11) is 1.53. The molecule has 0 unspecified atom stereocenters. The molecular formula is C6H5ClNO. The van der Waals surface area contributed by atoms with Gasteiger partial charge in [-0.25, -0.2) is 0 Å².